The number of nitro groups is 1. The maximum absolute atomic E-state index is 10.3. The first-order valence-electron chi connectivity index (χ1n) is 4.58. The molecule has 0 amide bonds. The van der Waals surface area contributed by atoms with E-state index in [4.69, 9.17) is 9.52 Å². The number of hydrogen-bond acceptors (Lipinski definition) is 5. The molecule has 6 nitrogen and oxygen atoms in total. The number of aliphatic hydroxyl groups excluding tert-OH is 1. The summed E-state index contributed by atoms with van der Waals surface area (Å²) in [6.07, 6.45) is 0. The second-order valence-electron chi connectivity index (χ2n) is 3.44. The predicted molar refractivity (Wildman–Crippen MR) is 53.4 cm³/mol. The minimum atomic E-state index is -0.570. The van der Waals surface area contributed by atoms with E-state index in [9.17, 15) is 10.1 Å². The molecule has 0 spiro atoms. The van der Waals surface area contributed by atoms with Gasteiger partial charge < -0.3 is 9.52 Å². The van der Waals surface area contributed by atoms with Crippen molar-refractivity contribution in [1.29, 1.82) is 0 Å². The summed E-state index contributed by atoms with van der Waals surface area (Å²) < 4.78 is 4.99. The van der Waals surface area contributed by atoms with Crippen molar-refractivity contribution in [3.63, 3.8) is 0 Å². The second-order valence-corrected chi connectivity index (χ2v) is 3.44. The van der Waals surface area contributed by atoms with Gasteiger partial charge in [-0.05, 0) is 20.0 Å². The summed E-state index contributed by atoms with van der Waals surface area (Å²) in [6.45, 7) is 2.34. The van der Waals surface area contributed by atoms with Crippen LogP contribution in [0.25, 0.3) is 0 Å². The highest BCUT2D eigenvalue weighted by molar-refractivity contribution is 5.17. The lowest BCUT2D eigenvalue weighted by Crippen LogP contribution is -2.31. The van der Waals surface area contributed by atoms with Gasteiger partial charge in [-0.3, -0.25) is 15.0 Å². The summed E-state index contributed by atoms with van der Waals surface area (Å²) in [4.78, 5) is 11.6. The van der Waals surface area contributed by atoms with Crippen LogP contribution in [0.3, 0.4) is 0 Å². The first-order valence-corrected chi connectivity index (χ1v) is 4.58. The van der Waals surface area contributed by atoms with Crippen LogP contribution in [0.5, 0.6) is 0 Å². The molecule has 0 radical (unpaired) electrons. The topological polar surface area (TPSA) is 79.8 Å². The van der Waals surface area contributed by atoms with Crippen molar-refractivity contribution in [1.82, 2.24) is 4.90 Å². The Morgan fingerprint density at radius 2 is 2.33 bits per heavy atom. The van der Waals surface area contributed by atoms with E-state index in [1.165, 1.54) is 6.07 Å². The number of rotatable bonds is 5. The Hall–Kier alpha value is -1.40. The molecule has 1 heterocycles. The molecule has 1 aromatic heterocycles. The molecular weight excluding hydrogens is 200 g/mol. The van der Waals surface area contributed by atoms with Gasteiger partial charge in [-0.25, -0.2) is 0 Å². The summed E-state index contributed by atoms with van der Waals surface area (Å²) >= 11 is 0. The van der Waals surface area contributed by atoms with Crippen LogP contribution >= 0.6 is 0 Å². The molecule has 84 valence electrons. The third-order valence-corrected chi connectivity index (χ3v) is 2.25. The number of hydrogen-bond donors (Lipinski definition) is 1. The Morgan fingerprint density at radius 3 is 2.80 bits per heavy atom. The molecule has 1 aromatic rings. The minimum Gasteiger partial charge on any atom is -0.404 e. The van der Waals surface area contributed by atoms with E-state index in [2.05, 4.69) is 0 Å². The number of likely N-dealkylation sites (N-methyl/N-ethyl adjacent to an activating group) is 1. The third kappa shape index (κ3) is 3.03. The van der Waals surface area contributed by atoms with Gasteiger partial charge in [0.1, 0.15) is 10.7 Å². The molecule has 1 rings (SSSR count). The molecule has 6 heteroatoms. The fraction of sp³-hybridized carbons (Fsp3) is 0.556. The van der Waals surface area contributed by atoms with Gasteiger partial charge in [-0.15, -0.1) is 0 Å². The molecule has 0 aliphatic carbocycles. The highest BCUT2D eigenvalue weighted by Crippen LogP contribution is 2.17. The lowest BCUT2D eigenvalue weighted by Gasteiger charge is -2.21. The fourth-order valence-electron chi connectivity index (χ4n) is 1.09. The van der Waals surface area contributed by atoms with Gasteiger partial charge in [-0.1, -0.05) is 0 Å². The van der Waals surface area contributed by atoms with Crippen LogP contribution in [0.4, 0.5) is 5.88 Å². The van der Waals surface area contributed by atoms with Crippen molar-refractivity contribution < 1.29 is 14.4 Å². The number of furan rings is 1. The fourth-order valence-corrected chi connectivity index (χ4v) is 1.09. The van der Waals surface area contributed by atoms with Gasteiger partial charge in [0, 0.05) is 6.04 Å². The quantitative estimate of drug-likeness (QED) is 0.584. The lowest BCUT2D eigenvalue weighted by atomic mass is 10.3. The van der Waals surface area contributed by atoms with E-state index in [0.29, 0.717) is 12.3 Å². The molecule has 15 heavy (non-hydrogen) atoms. The summed E-state index contributed by atoms with van der Waals surface area (Å²) in [5, 5.41) is 19.2. The molecule has 0 saturated heterocycles. The van der Waals surface area contributed by atoms with Crippen molar-refractivity contribution in [3.8, 4) is 0 Å². The molecule has 0 saturated carbocycles. The van der Waals surface area contributed by atoms with Crippen LogP contribution in [0.1, 0.15) is 12.7 Å². The maximum atomic E-state index is 10.3. The molecule has 0 aromatic carbocycles. The average Bonchev–Trinajstić information content (AvgIpc) is 2.65. The third-order valence-electron chi connectivity index (χ3n) is 2.25. The van der Waals surface area contributed by atoms with Gasteiger partial charge in [0.25, 0.3) is 0 Å². The normalized spacial score (nSPS) is 13.1. The van der Waals surface area contributed by atoms with Gasteiger partial charge in [0.15, 0.2) is 0 Å². The average molecular weight is 214 g/mol. The first kappa shape index (κ1) is 11.7. The Kier molecular flexibility index (Phi) is 3.81. The molecule has 1 N–H and O–H groups in total. The molecular formula is C9H14N2O4. The molecule has 1 atom stereocenters. The van der Waals surface area contributed by atoms with Crippen molar-refractivity contribution >= 4 is 5.88 Å². The zero-order chi connectivity index (χ0) is 11.4. The van der Waals surface area contributed by atoms with E-state index in [0.717, 1.165) is 0 Å². The highest BCUT2D eigenvalue weighted by atomic mass is 16.6. The summed E-state index contributed by atoms with van der Waals surface area (Å²) in [7, 11) is 1.81. The van der Waals surface area contributed by atoms with Crippen LogP contribution < -0.4 is 0 Å². The van der Waals surface area contributed by atoms with Gasteiger partial charge >= 0.3 is 5.88 Å². The lowest BCUT2D eigenvalue weighted by molar-refractivity contribution is -0.402. The van der Waals surface area contributed by atoms with E-state index in [1.807, 2.05) is 18.9 Å². The van der Waals surface area contributed by atoms with Crippen LogP contribution in [0.15, 0.2) is 16.5 Å². The smallest absolute Gasteiger partial charge is 0.404 e. The van der Waals surface area contributed by atoms with Crippen LogP contribution in [0, 0.1) is 10.1 Å². The SMILES string of the molecule is CC(CO)N(C)Cc1ccc([N+](=O)[O-])o1. The van der Waals surface area contributed by atoms with Crippen LogP contribution in [-0.4, -0.2) is 34.6 Å². The van der Waals surface area contributed by atoms with Crippen molar-refractivity contribution in [3.05, 3.63) is 28.0 Å². The monoisotopic (exact) mass is 214 g/mol. The molecule has 0 fully saturated rings. The second kappa shape index (κ2) is 4.90. The predicted octanol–water partition coefficient (Wildman–Crippen LogP) is 1.00. The minimum absolute atomic E-state index is 0.00541. The van der Waals surface area contributed by atoms with E-state index < -0.39 is 4.92 Å². The van der Waals surface area contributed by atoms with E-state index >= 15 is 0 Å². The van der Waals surface area contributed by atoms with Crippen molar-refractivity contribution in [2.24, 2.45) is 0 Å². The van der Waals surface area contributed by atoms with Crippen LogP contribution in [0.2, 0.25) is 0 Å². The first-order chi connectivity index (χ1) is 7.04. The summed E-state index contributed by atoms with van der Waals surface area (Å²) in [6, 6.07) is 2.89. The summed E-state index contributed by atoms with van der Waals surface area (Å²) in [5.74, 6) is 0.263. The Balaban J connectivity index is 2.61. The molecule has 0 aliphatic heterocycles. The Labute approximate surface area is 87.3 Å². The van der Waals surface area contributed by atoms with Crippen molar-refractivity contribution in [2.45, 2.75) is 19.5 Å². The van der Waals surface area contributed by atoms with E-state index in [1.54, 1.807) is 6.07 Å². The van der Waals surface area contributed by atoms with E-state index in [-0.39, 0.29) is 18.5 Å². The summed E-state index contributed by atoms with van der Waals surface area (Å²) in [5.41, 5.74) is 0. The number of nitrogens with zero attached hydrogens (tertiary/aromatic N) is 2. The molecule has 1 unspecified atom stereocenters. The largest absolute Gasteiger partial charge is 0.433 e. The van der Waals surface area contributed by atoms with Crippen LogP contribution in [-0.2, 0) is 6.54 Å². The number of aliphatic hydroxyl groups is 1. The van der Waals surface area contributed by atoms with Gasteiger partial charge in [0.05, 0.1) is 19.2 Å². The zero-order valence-electron chi connectivity index (χ0n) is 8.71. The molecule has 0 aliphatic rings. The maximum Gasteiger partial charge on any atom is 0.433 e. The Bertz CT molecular complexity index is 337. The van der Waals surface area contributed by atoms with Crippen molar-refractivity contribution in [2.75, 3.05) is 13.7 Å². The zero-order valence-corrected chi connectivity index (χ0v) is 8.71. The highest BCUT2D eigenvalue weighted by Gasteiger charge is 2.15. The van der Waals surface area contributed by atoms with Gasteiger partial charge in [-0.2, -0.15) is 0 Å². The molecule has 0 bridgehead atoms. The standard InChI is InChI=1S/C9H14N2O4/c1-7(6-12)10(2)5-8-3-4-9(15-8)11(13)14/h3-4,7,12H,5-6H2,1-2H3. The van der Waals surface area contributed by atoms with Gasteiger partial charge in [0.2, 0.25) is 0 Å². The Morgan fingerprint density at radius 1 is 1.67 bits per heavy atom.